The summed E-state index contributed by atoms with van der Waals surface area (Å²) in [5.74, 6) is -1.57. The zero-order valence-electron chi connectivity index (χ0n) is 13.2. The second kappa shape index (κ2) is 8.30. The third kappa shape index (κ3) is 6.35. The number of carbonyl (C=O) groups excluding carboxylic acids is 1. The number of urea groups is 1. The Hall–Kier alpha value is -2.13. The first-order valence-corrected chi connectivity index (χ1v) is 7.75. The molecule has 0 unspecified atom stereocenters. The van der Waals surface area contributed by atoms with E-state index >= 15 is 0 Å². The van der Waals surface area contributed by atoms with Crippen LogP contribution in [0, 0.1) is 5.92 Å². The number of rotatable bonds is 5. The van der Waals surface area contributed by atoms with Gasteiger partial charge in [0.25, 0.3) is 0 Å². The van der Waals surface area contributed by atoms with E-state index < -0.39 is 24.7 Å². The topological polar surface area (TPSA) is 63.2 Å². The molecule has 2 amide bonds. The smallest absolute Gasteiger partial charge is 0.391 e. The molecular weight excluding hydrogens is 349 g/mol. The van der Waals surface area contributed by atoms with Crippen LogP contribution in [0.5, 0.6) is 5.88 Å². The Morgan fingerprint density at radius 2 is 1.96 bits per heavy atom. The number of hydrogen-bond acceptors (Lipinski definition) is 3. The summed E-state index contributed by atoms with van der Waals surface area (Å²) in [5, 5.41) is 5.15. The molecule has 1 saturated carbocycles. The van der Waals surface area contributed by atoms with Crippen molar-refractivity contribution < 1.29 is 31.5 Å². The first-order valence-electron chi connectivity index (χ1n) is 7.75. The number of ether oxygens (including phenoxy) is 1. The summed E-state index contributed by atoms with van der Waals surface area (Å²) in [6, 6.07) is 1.95. The number of pyridine rings is 1. The lowest BCUT2D eigenvalue weighted by atomic mass is 9.86. The molecule has 2 rings (SSSR count). The minimum Gasteiger partial charge on any atom is -0.417 e. The summed E-state index contributed by atoms with van der Waals surface area (Å²) in [7, 11) is 0. The van der Waals surface area contributed by atoms with Crippen LogP contribution in [0.15, 0.2) is 18.3 Å². The van der Waals surface area contributed by atoms with E-state index in [1.54, 1.807) is 0 Å². The first kappa shape index (κ1) is 19.2. The average molecular weight is 367 g/mol. The lowest BCUT2D eigenvalue weighted by Gasteiger charge is -2.30. The SMILES string of the molecule is O=C(NCc1ccnc(OC(F)F)c1)NC1CCC(C(F)(F)F)CC1. The van der Waals surface area contributed by atoms with Crippen LogP contribution in [0.3, 0.4) is 0 Å². The molecule has 0 bridgehead atoms. The van der Waals surface area contributed by atoms with E-state index in [4.69, 9.17) is 0 Å². The summed E-state index contributed by atoms with van der Waals surface area (Å²) in [5.41, 5.74) is 0.501. The number of aromatic nitrogens is 1. The van der Waals surface area contributed by atoms with E-state index in [2.05, 4.69) is 20.4 Å². The highest BCUT2D eigenvalue weighted by atomic mass is 19.4. The van der Waals surface area contributed by atoms with Crippen molar-refractivity contribution in [2.75, 3.05) is 0 Å². The zero-order valence-corrected chi connectivity index (χ0v) is 13.2. The van der Waals surface area contributed by atoms with E-state index in [0.29, 0.717) is 5.56 Å². The minimum absolute atomic E-state index is 0.00682. The Balaban J connectivity index is 1.74. The van der Waals surface area contributed by atoms with Gasteiger partial charge in [-0.1, -0.05) is 0 Å². The fourth-order valence-corrected chi connectivity index (χ4v) is 2.70. The van der Waals surface area contributed by atoms with Crippen LogP contribution < -0.4 is 15.4 Å². The maximum atomic E-state index is 12.6. The molecule has 1 aliphatic rings. The number of amides is 2. The van der Waals surface area contributed by atoms with Gasteiger partial charge in [0.2, 0.25) is 5.88 Å². The quantitative estimate of drug-likeness (QED) is 0.782. The second-order valence-electron chi connectivity index (χ2n) is 5.80. The highest BCUT2D eigenvalue weighted by Gasteiger charge is 2.41. The first-order chi connectivity index (χ1) is 11.7. The lowest BCUT2D eigenvalue weighted by molar-refractivity contribution is -0.182. The van der Waals surface area contributed by atoms with Gasteiger partial charge < -0.3 is 15.4 Å². The standard InChI is InChI=1S/C15H18F5N3O2/c16-13(17)25-12-7-9(5-6-21-12)8-22-14(24)23-11-3-1-10(2-4-11)15(18,19)20/h5-7,10-11,13H,1-4,8H2,(H2,22,23,24). The van der Waals surface area contributed by atoms with E-state index in [9.17, 15) is 26.7 Å². The minimum atomic E-state index is -4.19. The Morgan fingerprint density at radius 3 is 2.56 bits per heavy atom. The van der Waals surface area contributed by atoms with E-state index in [-0.39, 0.29) is 44.1 Å². The van der Waals surface area contributed by atoms with Crippen molar-refractivity contribution in [1.29, 1.82) is 0 Å². The van der Waals surface area contributed by atoms with Crippen LogP contribution in [-0.4, -0.2) is 29.8 Å². The summed E-state index contributed by atoms with van der Waals surface area (Å²) in [6.07, 6.45) is -2.41. The van der Waals surface area contributed by atoms with Crippen LogP contribution in [0.1, 0.15) is 31.2 Å². The normalized spacial score (nSPS) is 21.0. The van der Waals surface area contributed by atoms with Crippen molar-refractivity contribution in [2.45, 2.75) is 51.1 Å². The van der Waals surface area contributed by atoms with Crippen molar-refractivity contribution in [2.24, 2.45) is 5.92 Å². The molecule has 10 heteroatoms. The molecule has 0 aliphatic heterocycles. The molecule has 0 radical (unpaired) electrons. The Kier molecular flexibility index (Phi) is 6.38. The van der Waals surface area contributed by atoms with Gasteiger partial charge in [-0.2, -0.15) is 22.0 Å². The molecule has 1 aromatic rings. The van der Waals surface area contributed by atoms with Crippen LogP contribution in [0.25, 0.3) is 0 Å². The van der Waals surface area contributed by atoms with Gasteiger partial charge in [-0.15, -0.1) is 0 Å². The van der Waals surface area contributed by atoms with Crippen LogP contribution in [0.2, 0.25) is 0 Å². The third-order valence-electron chi connectivity index (χ3n) is 3.99. The van der Waals surface area contributed by atoms with Gasteiger partial charge in [0.1, 0.15) is 0 Å². The molecule has 1 heterocycles. The molecule has 2 N–H and O–H groups in total. The van der Waals surface area contributed by atoms with Crippen molar-refractivity contribution in [3.63, 3.8) is 0 Å². The van der Waals surface area contributed by atoms with Crippen molar-refractivity contribution in [1.82, 2.24) is 15.6 Å². The number of nitrogens with zero attached hydrogens (tertiary/aromatic N) is 1. The van der Waals surface area contributed by atoms with Gasteiger partial charge in [-0.3, -0.25) is 0 Å². The van der Waals surface area contributed by atoms with Gasteiger partial charge in [0.05, 0.1) is 5.92 Å². The number of nitrogens with one attached hydrogen (secondary N) is 2. The number of alkyl halides is 5. The molecule has 1 aromatic heterocycles. The zero-order chi connectivity index (χ0) is 18.4. The molecule has 1 aliphatic carbocycles. The van der Waals surface area contributed by atoms with Gasteiger partial charge in [0.15, 0.2) is 0 Å². The molecule has 0 atom stereocenters. The van der Waals surface area contributed by atoms with Gasteiger partial charge in [-0.25, -0.2) is 9.78 Å². The Labute approximate surface area is 140 Å². The lowest BCUT2D eigenvalue weighted by Crippen LogP contribution is -2.44. The van der Waals surface area contributed by atoms with Crippen molar-refractivity contribution in [3.05, 3.63) is 23.9 Å². The molecule has 140 valence electrons. The molecule has 0 saturated heterocycles. The Morgan fingerprint density at radius 1 is 1.28 bits per heavy atom. The molecule has 1 fully saturated rings. The van der Waals surface area contributed by atoms with E-state index in [1.807, 2.05) is 0 Å². The van der Waals surface area contributed by atoms with E-state index in [0.717, 1.165) is 0 Å². The monoisotopic (exact) mass is 367 g/mol. The summed E-state index contributed by atoms with van der Waals surface area (Å²) in [6.45, 7) is -2.95. The van der Waals surface area contributed by atoms with E-state index in [1.165, 1.54) is 18.3 Å². The summed E-state index contributed by atoms with van der Waals surface area (Å²) in [4.78, 5) is 15.4. The Bertz CT molecular complexity index is 575. The maximum Gasteiger partial charge on any atom is 0.391 e. The molecule has 0 spiro atoms. The predicted octanol–water partition coefficient (Wildman–Crippen LogP) is 3.60. The van der Waals surface area contributed by atoms with Crippen LogP contribution in [-0.2, 0) is 6.54 Å². The molecule has 5 nitrogen and oxygen atoms in total. The van der Waals surface area contributed by atoms with Crippen LogP contribution in [0.4, 0.5) is 26.7 Å². The predicted molar refractivity (Wildman–Crippen MR) is 78.0 cm³/mol. The summed E-state index contributed by atoms with van der Waals surface area (Å²) >= 11 is 0. The summed E-state index contributed by atoms with van der Waals surface area (Å²) < 4.78 is 66.2. The highest BCUT2D eigenvalue weighted by molar-refractivity contribution is 5.74. The largest absolute Gasteiger partial charge is 0.417 e. The van der Waals surface area contributed by atoms with Gasteiger partial charge >= 0.3 is 18.8 Å². The van der Waals surface area contributed by atoms with Crippen molar-refractivity contribution in [3.8, 4) is 5.88 Å². The molecule has 25 heavy (non-hydrogen) atoms. The molecular formula is C15H18F5N3O2. The van der Waals surface area contributed by atoms with Gasteiger partial charge in [-0.05, 0) is 37.3 Å². The van der Waals surface area contributed by atoms with Gasteiger partial charge in [0, 0.05) is 24.8 Å². The second-order valence-corrected chi connectivity index (χ2v) is 5.80. The number of carbonyl (C=O) groups is 1. The number of halogens is 5. The maximum absolute atomic E-state index is 12.6. The molecule has 0 aromatic carbocycles. The van der Waals surface area contributed by atoms with Crippen molar-refractivity contribution >= 4 is 6.03 Å². The third-order valence-corrected chi connectivity index (χ3v) is 3.99. The highest BCUT2D eigenvalue weighted by Crippen LogP contribution is 2.37. The average Bonchev–Trinajstić information content (AvgIpc) is 2.52. The fourth-order valence-electron chi connectivity index (χ4n) is 2.70. The van der Waals surface area contributed by atoms with Crippen LogP contribution >= 0.6 is 0 Å². The number of hydrogen-bond donors (Lipinski definition) is 2. The fraction of sp³-hybridized carbons (Fsp3) is 0.600.